The van der Waals surface area contributed by atoms with E-state index in [1.165, 1.54) is 0 Å². The third kappa shape index (κ3) is 5.61. The second-order valence-corrected chi connectivity index (χ2v) is 3.59. The third-order valence-corrected chi connectivity index (χ3v) is 2.15. The zero-order chi connectivity index (χ0) is 12.5. The van der Waals surface area contributed by atoms with Crippen LogP contribution in [0.4, 0.5) is 5.69 Å². The minimum atomic E-state index is 0.0193. The highest BCUT2D eigenvalue weighted by atomic mass is 16.5. The van der Waals surface area contributed by atoms with Gasteiger partial charge in [-0.15, -0.1) is 6.58 Å². The first-order valence-electron chi connectivity index (χ1n) is 5.58. The molecule has 1 amide bonds. The van der Waals surface area contributed by atoms with Crippen molar-refractivity contribution >= 4 is 11.6 Å². The quantitative estimate of drug-likeness (QED) is 0.429. The molecule has 0 bridgehead atoms. The number of hydrogen-bond donors (Lipinski definition) is 2. The summed E-state index contributed by atoms with van der Waals surface area (Å²) in [6, 6.07) is 7.15. The van der Waals surface area contributed by atoms with E-state index in [-0.39, 0.29) is 5.91 Å². The number of benzene rings is 1. The van der Waals surface area contributed by atoms with Gasteiger partial charge in [0.25, 0.3) is 0 Å². The van der Waals surface area contributed by atoms with E-state index in [9.17, 15) is 4.79 Å². The number of nitrogens with two attached hydrogens (primary N) is 1. The van der Waals surface area contributed by atoms with Crippen molar-refractivity contribution in [1.82, 2.24) is 5.32 Å². The first-order valence-corrected chi connectivity index (χ1v) is 5.58. The largest absolute Gasteiger partial charge is 0.492 e. The predicted molar refractivity (Wildman–Crippen MR) is 68.8 cm³/mol. The lowest BCUT2D eigenvalue weighted by Crippen LogP contribution is -2.27. The summed E-state index contributed by atoms with van der Waals surface area (Å²) in [6.07, 6.45) is 2.90. The fourth-order valence-corrected chi connectivity index (χ4v) is 1.24. The Bertz CT molecular complexity index is 360. The molecule has 0 spiro atoms. The smallest absolute Gasteiger partial charge is 0.220 e. The van der Waals surface area contributed by atoms with Crippen molar-refractivity contribution in [2.75, 3.05) is 18.9 Å². The fourth-order valence-electron chi connectivity index (χ4n) is 1.24. The zero-order valence-corrected chi connectivity index (χ0v) is 9.82. The number of hydrogen-bond acceptors (Lipinski definition) is 3. The Morgan fingerprint density at radius 3 is 2.76 bits per heavy atom. The maximum atomic E-state index is 11.2. The van der Waals surface area contributed by atoms with Crippen molar-refractivity contribution in [3.8, 4) is 5.75 Å². The van der Waals surface area contributed by atoms with Gasteiger partial charge in [0.15, 0.2) is 0 Å². The summed E-state index contributed by atoms with van der Waals surface area (Å²) in [5.74, 6) is 0.769. The number of nitrogen functional groups attached to an aromatic ring is 1. The van der Waals surface area contributed by atoms with Crippen LogP contribution in [0.3, 0.4) is 0 Å². The summed E-state index contributed by atoms with van der Waals surface area (Å²) in [4.78, 5) is 11.2. The van der Waals surface area contributed by atoms with Gasteiger partial charge < -0.3 is 15.8 Å². The Balaban J connectivity index is 2.13. The summed E-state index contributed by atoms with van der Waals surface area (Å²) in [6.45, 7) is 4.51. The van der Waals surface area contributed by atoms with Gasteiger partial charge in [-0.25, -0.2) is 0 Å². The van der Waals surface area contributed by atoms with Crippen LogP contribution < -0.4 is 15.8 Å². The van der Waals surface area contributed by atoms with Crippen LogP contribution in [-0.4, -0.2) is 19.1 Å². The topological polar surface area (TPSA) is 64.3 Å². The average molecular weight is 234 g/mol. The van der Waals surface area contributed by atoms with Crippen molar-refractivity contribution in [2.24, 2.45) is 0 Å². The standard InChI is InChI=1S/C13H18N2O2/c1-2-3-4-13(16)15-9-10-17-12-7-5-11(14)6-8-12/h2,5-8H,1,3-4,9-10,14H2,(H,15,16). The summed E-state index contributed by atoms with van der Waals surface area (Å²) in [5.41, 5.74) is 6.25. The van der Waals surface area contributed by atoms with Crippen molar-refractivity contribution in [2.45, 2.75) is 12.8 Å². The van der Waals surface area contributed by atoms with Crippen molar-refractivity contribution < 1.29 is 9.53 Å². The van der Waals surface area contributed by atoms with Crippen LogP contribution in [0.1, 0.15) is 12.8 Å². The first-order chi connectivity index (χ1) is 8.22. The highest BCUT2D eigenvalue weighted by Gasteiger charge is 1.98. The maximum Gasteiger partial charge on any atom is 0.220 e. The van der Waals surface area contributed by atoms with Gasteiger partial charge in [-0.05, 0) is 30.7 Å². The molecule has 1 aromatic rings. The highest BCUT2D eigenvalue weighted by Crippen LogP contribution is 2.12. The summed E-state index contributed by atoms with van der Waals surface area (Å²) in [5, 5.41) is 2.76. The molecule has 3 N–H and O–H groups in total. The molecule has 4 heteroatoms. The van der Waals surface area contributed by atoms with Crippen LogP contribution in [-0.2, 0) is 4.79 Å². The molecule has 0 saturated heterocycles. The Hall–Kier alpha value is -1.97. The van der Waals surface area contributed by atoms with Crippen molar-refractivity contribution in [1.29, 1.82) is 0 Å². The Kier molecular flexibility index (Phi) is 5.64. The van der Waals surface area contributed by atoms with Crippen LogP contribution in [0.25, 0.3) is 0 Å². The van der Waals surface area contributed by atoms with Crippen LogP contribution in [0.15, 0.2) is 36.9 Å². The zero-order valence-electron chi connectivity index (χ0n) is 9.82. The number of nitrogens with one attached hydrogen (secondary N) is 1. The molecular weight excluding hydrogens is 216 g/mol. The molecule has 0 aromatic heterocycles. The molecule has 0 aliphatic heterocycles. The lowest BCUT2D eigenvalue weighted by Gasteiger charge is -2.07. The number of carbonyl (C=O) groups excluding carboxylic acids is 1. The third-order valence-electron chi connectivity index (χ3n) is 2.15. The number of amides is 1. The molecule has 0 saturated carbocycles. The van der Waals surface area contributed by atoms with Gasteiger partial charge in [-0.1, -0.05) is 6.08 Å². The van der Waals surface area contributed by atoms with Gasteiger partial charge in [-0.3, -0.25) is 4.79 Å². The Morgan fingerprint density at radius 2 is 2.12 bits per heavy atom. The van der Waals surface area contributed by atoms with Crippen molar-refractivity contribution in [3.05, 3.63) is 36.9 Å². The van der Waals surface area contributed by atoms with E-state index in [1.54, 1.807) is 30.3 Å². The summed E-state index contributed by atoms with van der Waals surface area (Å²) < 4.78 is 5.43. The van der Waals surface area contributed by atoms with Crippen LogP contribution in [0, 0.1) is 0 Å². The molecule has 0 aliphatic carbocycles. The first kappa shape index (κ1) is 13.1. The van der Waals surface area contributed by atoms with E-state index < -0.39 is 0 Å². The molecule has 0 atom stereocenters. The van der Waals surface area contributed by atoms with Gasteiger partial charge >= 0.3 is 0 Å². The second kappa shape index (κ2) is 7.33. The molecule has 0 unspecified atom stereocenters. The summed E-state index contributed by atoms with van der Waals surface area (Å²) >= 11 is 0. The molecule has 1 rings (SSSR count). The predicted octanol–water partition coefficient (Wildman–Crippen LogP) is 1.73. The van der Waals surface area contributed by atoms with E-state index >= 15 is 0 Å². The number of rotatable bonds is 7. The van der Waals surface area contributed by atoms with Gasteiger partial charge in [0.05, 0.1) is 6.54 Å². The molecule has 0 radical (unpaired) electrons. The lowest BCUT2D eigenvalue weighted by molar-refractivity contribution is -0.121. The average Bonchev–Trinajstić information content (AvgIpc) is 2.34. The van der Waals surface area contributed by atoms with Crippen molar-refractivity contribution in [3.63, 3.8) is 0 Å². The number of ether oxygens (including phenoxy) is 1. The van der Waals surface area contributed by atoms with Gasteiger partial charge in [0.1, 0.15) is 12.4 Å². The van der Waals surface area contributed by atoms with E-state index in [2.05, 4.69) is 11.9 Å². The molecule has 1 aromatic carbocycles. The van der Waals surface area contributed by atoms with Crippen LogP contribution in [0.2, 0.25) is 0 Å². The van der Waals surface area contributed by atoms with E-state index in [0.29, 0.717) is 31.7 Å². The maximum absolute atomic E-state index is 11.2. The highest BCUT2D eigenvalue weighted by molar-refractivity contribution is 5.75. The van der Waals surface area contributed by atoms with Crippen LogP contribution in [0.5, 0.6) is 5.75 Å². The molecule has 0 aliphatic rings. The number of carbonyl (C=O) groups is 1. The SMILES string of the molecule is C=CCCC(=O)NCCOc1ccc(N)cc1. The molecule has 4 nitrogen and oxygen atoms in total. The number of anilines is 1. The van der Waals surface area contributed by atoms with Gasteiger partial charge in [-0.2, -0.15) is 0 Å². The van der Waals surface area contributed by atoms with Crippen LogP contribution >= 0.6 is 0 Å². The Labute approximate surface area is 101 Å². The minimum Gasteiger partial charge on any atom is -0.492 e. The normalized spacial score (nSPS) is 9.65. The van der Waals surface area contributed by atoms with Gasteiger partial charge in [0.2, 0.25) is 5.91 Å². The van der Waals surface area contributed by atoms with E-state index in [0.717, 1.165) is 5.75 Å². The monoisotopic (exact) mass is 234 g/mol. The lowest BCUT2D eigenvalue weighted by atomic mass is 10.3. The second-order valence-electron chi connectivity index (χ2n) is 3.59. The number of allylic oxidation sites excluding steroid dienone is 1. The Morgan fingerprint density at radius 1 is 1.41 bits per heavy atom. The fraction of sp³-hybridized carbons (Fsp3) is 0.308. The van der Waals surface area contributed by atoms with Gasteiger partial charge in [0, 0.05) is 12.1 Å². The summed E-state index contributed by atoms with van der Waals surface area (Å²) in [7, 11) is 0. The minimum absolute atomic E-state index is 0.0193. The molecule has 92 valence electrons. The van der Waals surface area contributed by atoms with E-state index in [1.807, 2.05) is 0 Å². The molecule has 0 fully saturated rings. The molecule has 0 heterocycles. The molecule has 17 heavy (non-hydrogen) atoms. The van der Waals surface area contributed by atoms with E-state index in [4.69, 9.17) is 10.5 Å². The molecular formula is C13H18N2O2.